The topological polar surface area (TPSA) is 0 Å². The van der Waals surface area contributed by atoms with E-state index in [2.05, 4.69) is 52.0 Å². The molecule has 18 heavy (non-hydrogen) atoms. The van der Waals surface area contributed by atoms with E-state index in [1.165, 1.54) is 30.4 Å². The predicted molar refractivity (Wildman–Crippen MR) is 78.5 cm³/mol. The van der Waals surface area contributed by atoms with Crippen LogP contribution in [0.15, 0.2) is 18.2 Å². The molecule has 1 unspecified atom stereocenters. The van der Waals surface area contributed by atoms with Crippen molar-refractivity contribution in [2.45, 2.75) is 47.0 Å². The van der Waals surface area contributed by atoms with E-state index >= 15 is 0 Å². The summed E-state index contributed by atoms with van der Waals surface area (Å²) in [5.74, 6) is 2.22. The summed E-state index contributed by atoms with van der Waals surface area (Å²) in [5, 5.41) is 0. The van der Waals surface area contributed by atoms with Gasteiger partial charge < -0.3 is 0 Å². The summed E-state index contributed by atoms with van der Waals surface area (Å²) >= 11 is 0. The largest absolute Gasteiger partial charge is 0.0718 e. The molecule has 2 aliphatic carbocycles. The number of hydrogen-bond donors (Lipinski definition) is 0. The molecule has 1 atom stereocenters. The van der Waals surface area contributed by atoms with E-state index in [1.807, 2.05) is 0 Å². The minimum Gasteiger partial charge on any atom is -0.0718 e. The van der Waals surface area contributed by atoms with E-state index < -0.39 is 0 Å². The molecule has 0 aromatic heterocycles. The lowest BCUT2D eigenvalue weighted by Gasteiger charge is -2.18. The van der Waals surface area contributed by atoms with E-state index in [1.54, 1.807) is 17.0 Å². The third-order valence-corrected chi connectivity index (χ3v) is 4.61. The van der Waals surface area contributed by atoms with Crippen molar-refractivity contribution in [2.24, 2.45) is 11.3 Å². The maximum Gasteiger partial charge on any atom is 0.0301 e. The van der Waals surface area contributed by atoms with Gasteiger partial charge in [-0.05, 0) is 46.4 Å². The van der Waals surface area contributed by atoms with Gasteiger partial charge in [-0.2, -0.15) is 0 Å². The number of benzene rings is 1. The van der Waals surface area contributed by atoms with Crippen LogP contribution in [0.2, 0.25) is 0 Å². The summed E-state index contributed by atoms with van der Waals surface area (Å²) < 4.78 is 0. The average molecular weight is 239 g/mol. The molecule has 0 saturated carbocycles. The Kier molecular flexibility index (Phi) is 2.66. The zero-order valence-electron chi connectivity index (χ0n) is 12.0. The lowest BCUT2D eigenvalue weighted by atomic mass is 9.86. The summed E-state index contributed by atoms with van der Waals surface area (Å²) in [5.41, 5.74) is 6.57. The van der Waals surface area contributed by atoms with Gasteiger partial charge in [0.25, 0.3) is 0 Å². The fourth-order valence-corrected chi connectivity index (χ4v) is 3.44. The van der Waals surface area contributed by atoms with Crippen LogP contribution in [0.4, 0.5) is 0 Å². The summed E-state index contributed by atoms with van der Waals surface area (Å²) in [6.45, 7) is 9.38. The van der Waals surface area contributed by atoms with Gasteiger partial charge >= 0.3 is 0 Å². The Balaban J connectivity index is 2.00. The SMILES string of the molecule is CCC(C)[C]1C=Cc2cc3c(cc21)CC(C)(C)C3. The van der Waals surface area contributed by atoms with Crippen molar-refractivity contribution in [2.75, 3.05) is 0 Å². The van der Waals surface area contributed by atoms with Crippen LogP contribution >= 0.6 is 0 Å². The van der Waals surface area contributed by atoms with Gasteiger partial charge in [-0.1, -0.05) is 58.4 Å². The number of rotatable bonds is 2. The normalized spacial score (nSPS) is 22.0. The Hall–Kier alpha value is -1.04. The molecule has 0 fully saturated rings. The number of allylic oxidation sites excluding steroid dienone is 1. The van der Waals surface area contributed by atoms with Gasteiger partial charge in [-0.15, -0.1) is 0 Å². The molecule has 0 N–H and O–H groups in total. The molecular formula is C18H23. The molecule has 0 aliphatic heterocycles. The van der Waals surface area contributed by atoms with E-state index in [-0.39, 0.29) is 0 Å². The second-order valence-corrected chi connectivity index (χ2v) is 6.82. The molecule has 2 aliphatic rings. The molecule has 0 bridgehead atoms. The second kappa shape index (κ2) is 3.98. The van der Waals surface area contributed by atoms with Gasteiger partial charge in [0.2, 0.25) is 0 Å². The Bertz CT molecular complexity index is 505. The van der Waals surface area contributed by atoms with Crippen molar-refractivity contribution in [1.82, 2.24) is 0 Å². The summed E-state index contributed by atoms with van der Waals surface area (Å²) in [7, 11) is 0. The minimum absolute atomic E-state index is 0.456. The van der Waals surface area contributed by atoms with E-state index in [0.29, 0.717) is 11.3 Å². The fraction of sp³-hybridized carbons (Fsp3) is 0.500. The highest BCUT2D eigenvalue weighted by Gasteiger charge is 2.31. The van der Waals surface area contributed by atoms with Crippen molar-refractivity contribution in [1.29, 1.82) is 0 Å². The molecular weight excluding hydrogens is 216 g/mol. The maximum absolute atomic E-state index is 2.47. The molecule has 0 heterocycles. The first-order chi connectivity index (χ1) is 8.50. The third kappa shape index (κ3) is 1.83. The molecule has 3 rings (SSSR count). The maximum atomic E-state index is 2.47. The molecule has 0 spiro atoms. The quantitative estimate of drug-likeness (QED) is 0.695. The Morgan fingerprint density at radius 3 is 2.44 bits per heavy atom. The van der Waals surface area contributed by atoms with Crippen molar-refractivity contribution < 1.29 is 0 Å². The first kappa shape index (κ1) is 12.0. The van der Waals surface area contributed by atoms with Crippen LogP contribution in [-0.4, -0.2) is 0 Å². The van der Waals surface area contributed by atoms with Crippen LogP contribution in [0, 0.1) is 17.3 Å². The van der Waals surface area contributed by atoms with Gasteiger partial charge in [-0.25, -0.2) is 0 Å². The minimum atomic E-state index is 0.456. The van der Waals surface area contributed by atoms with Crippen molar-refractivity contribution in [3.05, 3.63) is 46.4 Å². The molecule has 0 amide bonds. The predicted octanol–water partition coefficient (Wildman–Crippen LogP) is 4.81. The second-order valence-electron chi connectivity index (χ2n) is 6.82. The average Bonchev–Trinajstić information content (AvgIpc) is 2.82. The zero-order valence-corrected chi connectivity index (χ0v) is 12.0. The van der Waals surface area contributed by atoms with Gasteiger partial charge in [-0.3, -0.25) is 0 Å². The number of fused-ring (bicyclic) bond motifs is 2. The third-order valence-electron chi connectivity index (χ3n) is 4.61. The molecule has 0 heteroatoms. The molecule has 1 aromatic rings. The van der Waals surface area contributed by atoms with E-state index in [0.717, 1.165) is 0 Å². The van der Waals surface area contributed by atoms with Gasteiger partial charge in [0.15, 0.2) is 0 Å². The fourth-order valence-electron chi connectivity index (χ4n) is 3.44. The smallest absolute Gasteiger partial charge is 0.0301 e. The molecule has 0 nitrogen and oxygen atoms in total. The lowest BCUT2D eigenvalue weighted by molar-refractivity contribution is 0.392. The number of hydrogen-bond acceptors (Lipinski definition) is 0. The zero-order chi connectivity index (χ0) is 12.9. The first-order valence-electron chi connectivity index (χ1n) is 7.21. The Labute approximate surface area is 111 Å². The summed E-state index contributed by atoms with van der Waals surface area (Å²) in [4.78, 5) is 0. The molecule has 1 aromatic carbocycles. The monoisotopic (exact) mass is 239 g/mol. The highest BCUT2D eigenvalue weighted by Crippen LogP contribution is 2.42. The van der Waals surface area contributed by atoms with Crippen molar-refractivity contribution in [3.8, 4) is 0 Å². The van der Waals surface area contributed by atoms with E-state index in [9.17, 15) is 0 Å². The summed E-state index contributed by atoms with van der Waals surface area (Å²) in [6.07, 6.45) is 8.34. The van der Waals surface area contributed by atoms with Crippen LogP contribution < -0.4 is 0 Å². The molecule has 95 valence electrons. The van der Waals surface area contributed by atoms with E-state index in [4.69, 9.17) is 0 Å². The Morgan fingerprint density at radius 2 is 1.78 bits per heavy atom. The summed E-state index contributed by atoms with van der Waals surface area (Å²) in [6, 6.07) is 4.91. The van der Waals surface area contributed by atoms with Crippen LogP contribution in [0.25, 0.3) is 6.08 Å². The van der Waals surface area contributed by atoms with Crippen LogP contribution in [0.3, 0.4) is 0 Å². The first-order valence-corrected chi connectivity index (χ1v) is 7.21. The Morgan fingerprint density at radius 1 is 1.11 bits per heavy atom. The standard InChI is InChI=1S/C18H23/c1-5-12(2)16-7-6-13-8-14-10-18(3,4)11-15(14)9-17(13)16/h6-9,12H,5,10-11H2,1-4H3. The van der Waals surface area contributed by atoms with Gasteiger partial charge in [0.1, 0.15) is 0 Å². The van der Waals surface area contributed by atoms with Crippen LogP contribution in [-0.2, 0) is 12.8 Å². The molecule has 1 radical (unpaired) electrons. The van der Waals surface area contributed by atoms with Crippen LogP contribution in [0.1, 0.15) is 56.4 Å². The van der Waals surface area contributed by atoms with Gasteiger partial charge in [0.05, 0.1) is 0 Å². The lowest BCUT2D eigenvalue weighted by Crippen LogP contribution is -2.09. The van der Waals surface area contributed by atoms with Gasteiger partial charge in [0, 0.05) is 5.92 Å². The van der Waals surface area contributed by atoms with Crippen molar-refractivity contribution in [3.63, 3.8) is 0 Å². The van der Waals surface area contributed by atoms with Crippen molar-refractivity contribution >= 4 is 6.08 Å². The highest BCUT2D eigenvalue weighted by molar-refractivity contribution is 5.71. The van der Waals surface area contributed by atoms with Crippen LogP contribution in [0.5, 0.6) is 0 Å². The highest BCUT2D eigenvalue weighted by atomic mass is 14.4. The molecule has 0 saturated heterocycles.